The van der Waals surface area contributed by atoms with Crippen LogP contribution >= 0.6 is 0 Å². The lowest BCUT2D eigenvalue weighted by atomic mass is 10.1. The Bertz CT molecular complexity index is 1440. The van der Waals surface area contributed by atoms with Crippen molar-refractivity contribution < 1.29 is 13.6 Å². The first-order chi connectivity index (χ1) is 19.1. The van der Waals surface area contributed by atoms with E-state index in [1.165, 1.54) is 6.07 Å². The van der Waals surface area contributed by atoms with Crippen LogP contribution in [0.5, 0.6) is 5.75 Å². The van der Waals surface area contributed by atoms with Gasteiger partial charge in [0.2, 0.25) is 8.32 Å². The Morgan fingerprint density at radius 1 is 1.00 bits per heavy atom. The topological polar surface area (TPSA) is 81.8 Å². The molecule has 1 aliphatic heterocycles. The molecule has 2 heterocycles. The lowest BCUT2D eigenvalue weighted by molar-refractivity contribution is 0.102. The van der Waals surface area contributed by atoms with Crippen LogP contribution in [-0.4, -0.2) is 63.2 Å². The summed E-state index contributed by atoms with van der Waals surface area (Å²) in [6, 6.07) is 10.8. The Morgan fingerprint density at radius 2 is 1.73 bits per heavy atom. The number of carbonyl (C=O) groups is 1. The highest BCUT2D eigenvalue weighted by atomic mass is 28.4. The molecule has 0 saturated carbocycles. The maximum absolute atomic E-state index is 15.2. The normalized spacial score (nSPS) is 13.3. The SMILES string of the molecule is Cc1cc(F)c(Nc2ccnc3c2C(=O)Nc2cc(CN(C)CCN(C)C)ccc2N3)cc1O[Si](C)(C)C(C)(C)C. The number of carbonyl (C=O) groups excluding carboxylic acids is 1. The molecule has 3 N–H and O–H groups in total. The summed E-state index contributed by atoms with van der Waals surface area (Å²) in [4.78, 5) is 22.4. The van der Waals surface area contributed by atoms with Crippen LogP contribution in [0.15, 0.2) is 42.6 Å². The second kappa shape index (κ2) is 11.8. The van der Waals surface area contributed by atoms with Gasteiger partial charge in [-0.2, -0.15) is 0 Å². The van der Waals surface area contributed by atoms with Crippen LogP contribution < -0.4 is 20.4 Å². The van der Waals surface area contributed by atoms with Crippen LogP contribution in [0.4, 0.5) is 33.0 Å². The number of nitrogens with zero attached hydrogens (tertiary/aromatic N) is 3. The fraction of sp³-hybridized carbons (Fsp3) is 0.419. The minimum Gasteiger partial charge on any atom is -0.543 e. The van der Waals surface area contributed by atoms with Crippen molar-refractivity contribution >= 4 is 42.8 Å². The molecule has 0 radical (unpaired) electrons. The van der Waals surface area contributed by atoms with E-state index >= 15 is 4.39 Å². The first kappa shape index (κ1) is 30.5. The summed E-state index contributed by atoms with van der Waals surface area (Å²) in [5, 5.41) is 9.46. The third-order valence-corrected chi connectivity index (χ3v) is 12.2. The molecule has 0 spiro atoms. The third-order valence-electron chi connectivity index (χ3n) is 7.85. The summed E-state index contributed by atoms with van der Waals surface area (Å²) in [5.41, 5.74) is 4.20. The fourth-order valence-corrected chi connectivity index (χ4v) is 5.37. The van der Waals surface area contributed by atoms with E-state index in [0.29, 0.717) is 28.5 Å². The van der Waals surface area contributed by atoms with Gasteiger partial charge in [-0.3, -0.25) is 4.79 Å². The van der Waals surface area contributed by atoms with Crippen LogP contribution in [0.2, 0.25) is 18.1 Å². The molecule has 41 heavy (non-hydrogen) atoms. The van der Waals surface area contributed by atoms with Crippen molar-refractivity contribution in [3.8, 4) is 5.75 Å². The number of nitrogens with one attached hydrogen (secondary N) is 3. The Balaban J connectivity index is 1.60. The first-order valence-electron chi connectivity index (χ1n) is 13.9. The number of anilines is 5. The molecule has 1 aliphatic rings. The zero-order valence-corrected chi connectivity index (χ0v) is 26.7. The van der Waals surface area contributed by atoms with Crippen molar-refractivity contribution in [2.45, 2.75) is 52.4 Å². The van der Waals surface area contributed by atoms with Crippen LogP contribution in [0.1, 0.15) is 42.3 Å². The molecule has 3 aromatic rings. The monoisotopic (exact) mass is 578 g/mol. The van der Waals surface area contributed by atoms with Gasteiger partial charge in [0.15, 0.2) is 0 Å². The number of aromatic nitrogens is 1. The summed E-state index contributed by atoms with van der Waals surface area (Å²) in [7, 11) is 4.04. The minimum absolute atomic E-state index is 0.00982. The van der Waals surface area contributed by atoms with Crippen molar-refractivity contribution in [1.29, 1.82) is 0 Å². The van der Waals surface area contributed by atoms with E-state index < -0.39 is 14.1 Å². The number of halogens is 1. The van der Waals surface area contributed by atoms with Gasteiger partial charge in [0.05, 0.1) is 22.7 Å². The van der Waals surface area contributed by atoms with E-state index in [9.17, 15) is 4.79 Å². The summed E-state index contributed by atoms with van der Waals surface area (Å²) in [6.07, 6.45) is 1.60. The van der Waals surface area contributed by atoms with Gasteiger partial charge in [-0.15, -0.1) is 0 Å². The molecule has 4 rings (SSSR count). The summed E-state index contributed by atoms with van der Waals surface area (Å²) in [6.45, 7) is 15.3. The lowest BCUT2D eigenvalue weighted by Gasteiger charge is -2.37. The highest BCUT2D eigenvalue weighted by Crippen LogP contribution is 2.40. The number of hydrogen-bond donors (Lipinski definition) is 3. The molecule has 0 unspecified atom stereocenters. The maximum Gasteiger partial charge on any atom is 0.261 e. The molecule has 10 heteroatoms. The molecule has 220 valence electrons. The van der Waals surface area contributed by atoms with Crippen molar-refractivity contribution in [3.05, 3.63) is 65.1 Å². The molecule has 0 atom stereocenters. The molecule has 2 aromatic carbocycles. The quantitative estimate of drug-likeness (QED) is 0.237. The minimum atomic E-state index is -2.15. The average Bonchev–Trinajstić information content (AvgIpc) is 3.00. The van der Waals surface area contributed by atoms with E-state index in [1.807, 2.05) is 25.1 Å². The highest BCUT2D eigenvalue weighted by molar-refractivity contribution is 6.74. The molecule has 1 aromatic heterocycles. The lowest BCUT2D eigenvalue weighted by Crippen LogP contribution is -2.44. The number of aryl methyl sites for hydroxylation is 1. The smallest absolute Gasteiger partial charge is 0.261 e. The average molecular weight is 579 g/mol. The Kier molecular flexibility index (Phi) is 8.77. The second-order valence-electron chi connectivity index (χ2n) is 12.7. The predicted octanol–water partition coefficient (Wildman–Crippen LogP) is 6.96. The van der Waals surface area contributed by atoms with Crippen LogP contribution in [0.25, 0.3) is 0 Å². The van der Waals surface area contributed by atoms with E-state index in [2.05, 4.69) is 85.7 Å². The van der Waals surface area contributed by atoms with Gasteiger partial charge in [-0.1, -0.05) is 26.8 Å². The zero-order chi connectivity index (χ0) is 30.1. The molecule has 0 fully saturated rings. The van der Waals surface area contributed by atoms with Crippen molar-refractivity contribution in [3.63, 3.8) is 0 Å². The molecule has 0 aliphatic carbocycles. The molecular formula is C31H43FN6O2Si. The Morgan fingerprint density at radius 3 is 2.41 bits per heavy atom. The highest BCUT2D eigenvalue weighted by Gasteiger charge is 2.39. The maximum atomic E-state index is 15.2. The standard InChI is InChI=1S/C31H43FN6O2Si/c1-20-16-22(32)25(18-27(20)40-41(8,9)31(2,3)4)34-24-12-13-33-29-28(24)30(39)36-26-17-21(10-11-23(26)35-29)19-38(7)15-14-37(5)6/h10-13,16-18H,14-15,19H2,1-9H3,(H,36,39)(H2,33,34,35). The number of hydrogen-bond acceptors (Lipinski definition) is 7. The van der Waals surface area contributed by atoms with Crippen molar-refractivity contribution in [1.82, 2.24) is 14.8 Å². The van der Waals surface area contributed by atoms with Gasteiger partial charge in [0.1, 0.15) is 22.9 Å². The molecule has 0 saturated heterocycles. The van der Waals surface area contributed by atoms with E-state index in [4.69, 9.17) is 4.43 Å². The van der Waals surface area contributed by atoms with Gasteiger partial charge >= 0.3 is 0 Å². The third kappa shape index (κ3) is 7.06. The summed E-state index contributed by atoms with van der Waals surface area (Å²) < 4.78 is 21.7. The number of amides is 1. The van der Waals surface area contributed by atoms with Gasteiger partial charge in [-0.05, 0) is 81.6 Å². The molecule has 0 bridgehead atoms. The zero-order valence-electron chi connectivity index (χ0n) is 25.7. The van der Waals surface area contributed by atoms with E-state index in [0.717, 1.165) is 36.4 Å². The number of rotatable bonds is 9. The molecule has 8 nitrogen and oxygen atoms in total. The fourth-order valence-electron chi connectivity index (χ4n) is 4.30. The summed E-state index contributed by atoms with van der Waals surface area (Å²) in [5.74, 6) is 0.278. The van der Waals surface area contributed by atoms with Gasteiger partial charge < -0.3 is 30.2 Å². The van der Waals surface area contributed by atoms with Gasteiger partial charge in [0, 0.05) is 31.9 Å². The molecular weight excluding hydrogens is 535 g/mol. The van der Waals surface area contributed by atoms with E-state index in [1.54, 1.807) is 18.3 Å². The Labute approximate surface area is 244 Å². The number of pyridine rings is 1. The van der Waals surface area contributed by atoms with Gasteiger partial charge in [0.25, 0.3) is 5.91 Å². The van der Waals surface area contributed by atoms with Gasteiger partial charge in [-0.25, -0.2) is 9.37 Å². The van der Waals surface area contributed by atoms with Crippen LogP contribution in [0.3, 0.4) is 0 Å². The second-order valence-corrected chi connectivity index (χ2v) is 17.4. The van der Waals surface area contributed by atoms with Crippen LogP contribution in [0, 0.1) is 12.7 Å². The van der Waals surface area contributed by atoms with Crippen molar-refractivity contribution in [2.75, 3.05) is 50.2 Å². The van der Waals surface area contributed by atoms with Crippen LogP contribution in [-0.2, 0) is 6.54 Å². The Hall–Kier alpha value is -3.47. The van der Waals surface area contributed by atoms with E-state index in [-0.39, 0.29) is 16.6 Å². The number of benzene rings is 2. The molecule has 1 amide bonds. The van der Waals surface area contributed by atoms with Crippen molar-refractivity contribution in [2.24, 2.45) is 0 Å². The largest absolute Gasteiger partial charge is 0.543 e. The summed E-state index contributed by atoms with van der Waals surface area (Å²) >= 11 is 0. The predicted molar refractivity (Wildman–Crippen MR) is 169 cm³/mol. The number of likely N-dealkylation sites (N-methyl/N-ethyl adjacent to an activating group) is 2. The number of fused-ring (bicyclic) bond motifs is 2. The first-order valence-corrected chi connectivity index (χ1v) is 16.9.